The lowest BCUT2D eigenvalue weighted by atomic mass is 9.85. The summed E-state index contributed by atoms with van der Waals surface area (Å²) in [6.45, 7) is 17.8. The maximum absolute atomic E-state index is 4.28. The third-order valence-corrected chi connectivity index (χ3v) is 4.40. The number of rotatable bonds is 3. The molecule has 0 radical (unpaired) electrons. The Labute approximate surface area is 142 Å². The Bertz CT molecular complexity index is 656. The predicted octanol–water partition coefficient (Wildman–Crippen LogP) is 6.54. The molecule has 0 spiro atoms. The molecule has 2 aromatic carbocycles. The molecular formula is C23H30. The zero-order valence-corrected chi connectivity index (χ0v) is 15.5. The van der Waals surface area contributed by atoms with Gasteiger partial charge in [-0.1, -0.05) is 96.7 Å². The van der Waals surface area contributed by atoms with Gasteiger partial charge in [-0.3, -0.25) is 0 Å². The van der Waals surface area contributed by atoms with Crippen molar-refractivity contribution >= 4 is 5.57 Å². The second-order valence-electron chi connectivity index (χ2n) is 8.55. The summed E-state index contributed by atoms with van der Waals surface area (Å²) in [4.78, 5) is 0. The van der Waals surface area contributed by atoms with E-state index in [0.717, 1.165) is 6.42 Å². The summed E-state index contributed by atoms with van der Waals surface area (Å²) in [6, 6.07) is 17.8. The highest BCUT2D eigenvalue weighted by molar-refractivity contribution is 5.66. The fraction of sp³-hybridized carbons (Fsp3) is 0.391. The summed E-state index contributed by atoms with van der Waals surface area (Å²) in [5.74, 6) is 0. The van der Waals surface area contributed by atoms with E-state index in [0.29, 0.717) is 0 Å². The first kappa shape index (κ1) is 17.5. The molecule has 0 heteroatoms. The van der Waals surface area contributed by atoms with E-state index < -0.39 is 0 Å². The van der Waals surface area contributed by atoms with Gasteiger partial charge in [-0.05, 0) is 45.1 Å². The smallest absolute Gasteiger partial charge is 0.00257 e. The van der Waals surface area contributed by atoms with Crippen LogP contribution in [0.25, 0.3) is 5.57 Å². The molecular weight excluding hydrogens is 276 g/mol. The Kier molecular flexibility index (Phi) is 4.84. The largest absolute Gasteiger partial charge is 0.0949 e. The summed E-state index contributed by atoms with van der Waals surface area (Å²) >= 11 is 0. The highest BCUT2D eigenvalue weighted by Crippen LogP contribution is 2.26. The molecule has 0 aromatic heterocycles. The minimum Gasteiger partial charge on any atom is -0.0949 e. The number of hydrogen-bond acceptors (Lipinski definition) is 0. The van der Waals surface area contributed by atoms with Crippen molar-refractivity contribution in [1.29, 1.82) is 0 Å². The quantitative estimate of drug-likeness (QED) is 0.604. The van der Waals surface area contributed by atoms with Gasteiger partial charge in [-0.25, -0.2) is 0 Å². The van der Waals surface area contributed by atoms with Crippen LogP contribution in [0.4, 0.5) is 0 Å². The number of benzene rings is 2. The molecule has 0 aliphatic heterocycles. The highest BCUT2D eigenvalue weighted by atomic mass is 14.2. The van der Waals surface area contributed by atoms with Gasteiger partial charge in [0.25, 0.3) is 0 Å². The van der Waals surface area contributed by atoms with E-state index in [-0.39, 0.29) is 10.8 Å². The number of hydrogen-bond donors (Lipinski definition) is 0. The van der Waals surface area contributed by atoms with Crippen molar-refractivity contribution in [2.24, 2.45) is 0 Å². The Morgan fingerprint density at radius 3 is 1.48 bits per heavy atom. The Hall–Kier alpha value is -1.82. The topological polar surface area (TPSA) is 0 Å². The van der Waals surface area contributed by atoms with E-state index >= 15 is 0 Å². The van der Waals surface area contributed by atoms with Crippen molar-refractivity contribution in [3.8, 4) is 0 Å². The Morgan fingerprint density at radius 2 is 1.09 bits per heavy atom. The minimum absolute atomic E-state index is 0.197. The van der Waals surface area contributed by atoms with Crippen LogP contribution in [0.3, 0.4) is 0 Å². The van der Waals surface area contributed by atoms with Crippen LogP contribution >= 0.6 is 0 Å². The summed E-state index contributed by atoms with van der Waals surface area (Å²) in [6.07, 6.45) is 0.902. The molecule has 0 N–H and O–H groups in total. The Balaban J connectivity index is 2.10. The van der Waals surface area contributed by atoms with Crippen LogP contribution in [0.1, 0.15) is 63.8 Å². The molecule has 0 atom stereocenters. The van der Waals surface area contributed by atoms with E-state index in [1.54, 1.807) is 0 Å². The monoisotopic (exact) mass is 306 g/mol. The highest BCUT2D eigenvalue weighted by Gasteiger charge is 2.14. The molecule has 0 saturated carbocycles. The standard InChI is InChI=1S/C23H30/c1-17(19-10-14-21(15-11-19)23(5,6)7)16-18-8-12-20(13-9-18)22(2,3)4/h8-15H,1,16H2,2-7H3. The van der Waals surface area contributed by atoms with Crippen LogP contribution in [0, 0.1) is 0 Å². The molecule has 0 unspecified atom stereocenters. The van der Waals surface area contributed by atoms with Crippen LogP contribution < -0.4 is 0 Å². The van der Waals surface area contributed by atoms with Crippen molar-refractivity contribution in [2.45, 2.75) is 58.8 Å². The molecule has 23 heavy (non-hydrogen) atoms. The average molecular weight is 306 g/mol. The average Bonchev–Trinajstić information content (AvgIpc) is 2.46. The zero-order valence-electron chi connectivity index (χ0n) is 15.5. The van der Waals surface area contributed by atoms with Crippen molar-refractivity contribution in [1.82, 2.24) is 0 Å². The van der Waals surface area contributed by atoms with Crippen molar-refractivity contribution < 1.29 is 0 Å². The maximum atomic E-state index is 4.28. The van der Waals surface area contributed by atoms with Gasteiger partial charge < -0.3 is 0 Å². The van der Waals surface area contributed by atoms with Crippen LogP contribution in [-0.2, 0) is 17.3 Å². The SMILES string of the molecule is C=C(Cc1ccc(C(C)(C)C)cc1)c1ccc(C(C)(C)C)cc1. The second kappa shape index (κ2) is 6.35. The van der Waals surface area contributed by atoms with Crippen molar-refractivity contribution in [3.05, 3.63) is 77.4 Å². The van der Waals surface area contributed by atoms with E-state index in [4.69, 9.17) is 0 Å². The van der Waals surface area contributed by atoms with E-state index in [1.807, 2.05) is 0 Å². The van der Waals surface area contributed by atoms with Crippen LogP contribution in [0.2, 0.25) is 0 Å². The fourth-order valence-corrected chi connectivity index (χ4v) is 2.68. The van der Waals surface area contributed by atoms with E-state index in [1.165, 1.54) is 27.8 Å². The molecule has 0 amide bonds. The molecule has 0 aliphatic rings. The lowest BCUT2D eigenvalue weighted by molar-refractivity contribution is 0.590. The van der Waals surface area contributed by atoms with E-state index in [9.17, 15) is 0 Å². The maximum Gasteiger partial charge on any atom is -0.00257 e. The molecule has 0 saturated heterocycles. The van der Waals surface area contributed by atoms with Crippen LogP contribution in [0.5, 0.6) is 0 Å². The van der Waals surface area contributed by atoms with E-state index in [2.05, 4.69) is 96.7 Å². The Morgan fingerprint density at radius 1 is 0.696 bits per heavy atom. The summed E-state index contributed by atoms with van der Waals surface area (Å²) in [5.41, 5.74) is 6.88. The first-order valence-electron chi connectivity index (χ1n) is 8.45. The summed E-state index contributed by atoms with van der Waals surface area (Å²) in [5, 5.41) is 0. The molecule has 2 aromatic rings. The molecule has 2 rings (SSSR count). The lowest BCUT2D eigenvalue weighted by Crippen LogP contribution is -2.11. The molecule has 0 heterocycles. The van der Waals surface area contributed by atoms with Crippen molar-refractivity contribution in [3.63, 3.8) is 0 Å². The van der Waals surface area contributed by atoms with Gasteiger partial charge in [0.1, 0.15) is 0 Å². The van der Waals surface area contributed by atoms with Gasteiger partial charge in [-0.15, -0.1) is 0 Å². The molecule has 122 valence electrons. The van der Waals surface area contributed by atoms with Gasteiger partial charge in [-0.2, -0.15) is 0 Å². The van der Waals surface area contributed by atoms with Crippen LogP contribution in [-0.4, -0.2) is 0 Å². The van der Waals surface area contributed by atoms with Crippen LogP contribution in [0.15, 0.2) is 55.1 Å². The molecule has 0 aliphatic carbocycles. The first-order chi connectivity index (χ1) is 10.6. The molecule has 0 fully saturated rings. The summed E-state index contributed by atoms with van der Waals surface area (Å²) in [7, 11) is 0. The minimum atomic E-state index is 0.197. The summed E-state index contributed by atoms with van der Waals surface area (Å²) < 4.78 is 0. The zero-order chi connectivity index (χ0) is 17.3. The molecule has 0 bridgehead atoms. The number of allylic oxidation sites excluding steroid dienone is 1. The second-order valence-corrected chi connectivity index (χ2v) is 8.55. The third kappa shape index (κ3) is 4.58. The van der Waals surface area contributed by atoms with Gasteiger partial charge in [0.15, 0.2) is 0 Å². The molecule has 0 nitrogen and oxygen atoms in total. The fourth-order valence-electron chi connectivity index (χ4n) is 2.68. The normalized spacial score (nSPS) is 12.3. The first-order valence-corrected chi connectivity index (χ1v) is 8.45. The van der Waals surface area contributed by atoms with Gasteiger partial charge in [0, 0.05) is 0 Å². The van der Waals surface area contributed by atoms with Gasteiger partial charge in [0.2, 0.25) is 0 Å². The van der Waals surface area contributed by atoms with Crippen molar-refractivity contribution in [2.75, 3.05) is 0 Å². The lowest BCUT2D eigenvalue weighted by Gasteiger charge is -2.20. The predicted molar refractivity (Wildman–Crippen MR) is 103 cm³/mol. The van der Waals surface area contributed by atoms with Gasteiger partial charge in [0.05, 0.1) is 0 Å². The third-order valence-electron chi connectivity index (χ3n) is 4.40. The van der Waals surface area contributed by atoms with Gasteiger partial charge >= 0.3 is 0 Å².